The molecule has 0 bridgehead atoms. The Kier molecular flexibility index (Phi) is 24.5. The van der Waals surface area contributed by atoms with Crippen LogP contribution in [0.2, 0.25) is 8.87 Å². The monoisotopic (exact) mass is 326 g/mol. The fourth-order valence-corrected chi connectivity index (χ4v) is 5.29. The van der Waals surface area contributed by atoms with Gasteiger partial charge < -0.3 is 0 Å². The van der Waals surface area contributed by atoms with Crippen LogP contribution in [-0.4, -0.2) is 27.0 Å². The Labute approximate surface area is 106 Å². The first-order chi connectivity index (χ1) is 6.83. The number of rotatable bonds is 8. The van der Waals surface area contributed by atoms with Crippen LogP contribution in [0.25, 0.3) is 0 Å². The molecule has 0 aliphatic rings. The number of halogens is 1. The molecule has 0 heterocycles. The fraction of sp³-hybridized carbons (Fsp3) is 1.00. The predicted molar refractivity (Wildman–Crippen MR) is 70.8 cm³/mol. The van der Waals surface area contributed by atoms with Crippen molar-refractivity contribution in [3.8, 4) is 0 Å². The summed E-state index contributed by atoms with van der Waals surface area (Å²) in [6, 6.07) is 0. The molecule has 0 aliphatic carbocycles. The van der Waals surface area contributed by atoms with Crippen LogP contribution in [-0.2, 0) is 0 Å². The van der Waals surface area contributed by atoms with Crippen LogP contribution in [0.4, 0.5) is 0 Å². The second-order valence-electron chi connectivity index (χ2n) is 3.50. The number of unbranched alkanes of at least 4 members (excludes halogenated alkanes) is 3. The number of hydrogen-bond acceptors (Lipinski definition) is 0. The van der Waals surface area contributed by atoms with Crippen LogP contribution >= 0.6 is 11.6 Å². The maximum atomic E-state index is 5.30. The average molecular weight is 326 g/mol. The molecule has 0 saturated carbocycles. The van der Waals surface area contributed by atoms with E-state index in [0.717, 1.165) is 12.3 Å². The molecule has 86 valence electrons. The molecule has 0 atom stereocenters. The first-order valence-electron chi connectivity index (χ1n) is 6.10. The Morgan fingerprint density at radius 3 is 1.43 bits per heavy atom. The quantitative estimate of drug-likeness (QED) is 0.329. The molecule has 0 amide bonds. The number of hydrogen-bond donors (Lipinski definition) is 0. The molecule has 0 unspecified atom stereocenters. The van der Waals surface area contributed by atoms with Crippen molar-refractivity contribution in [3.05, 3.63) is 0 Å². The fourth-order valence-electron chi connectivity index (χ4n) is 0.862. The number of alkyl halides is 1. The molecule has 2 radical (unpaired) electrons. The van der Waals surface area contributed by atoms with Gasteiger partial charge in [-0.25, -0.2) is 0 Å². The normalized spacial score (nSPS) is 9.43. The summed E-state index contributed by atoms with van der Waals surface area (Å²) >= 11 is 5.45. The van der Waals surface area contributed by atoms with Crippen molar-refractivity contribution in [2.24, 2.45) is 0 Å². The summed E-state index contributed by atoms with van der Waals surface area (Å²) in [7, 11) is 0. The van der Waals surface area contributed by atoms with Gasteiger partial charge in [0.05, 0.1) is 0 Å². The average Bonchev–Trinajstić information content (AvgIpc) is 2.20. The summed E-state index contributed by atoms with van der Waals surface area (Å²) in [6.45, 7) is 6.71. The molecule has 0 rings (SSSR count). The zero-order valence-electron chi connectivity index (χ0n) is 10.2. The van der Waals surface area contributed by atoms with Gasteiger partial charge in [-0.3, -0.25) is 0 Å². The molecule has 0 saturated heterocycles. The summed E-state index contributed by atoms with van der Waals surface area (Å²) in [4.78, 5) is 0. The van der Waals surface area contributed by atoms with E-state index in [-0.39, 0.29) is 21.1 Å². The molecule has 0 aromatic heterocycles. The molecule has 14 heavy (non-hydrogen) atoms. The molecule has 0 aromatic carbocycles. The molecule has 0 spiro atoms. The van der Waals surface area contributed by atoms with Crippen LogP contribution < -0.4 is 0 Å². The zero-order valence-corrected chi connectivity index (χ0v) is 13.9. The molecule has 0 nitrogen and oxygen atoms in total. The summed E-state index contributed by atoms with van der Waals surface area (Å²) in [6.07, 6.45) is 8.21. The van der Waals surface area contributed by atoms with Crippen molar-refractivity contribution < 1.29 is 0 Å². The maximum absolute atomic E-state index is 5.30. The van der Waals surface area contributed by atoms with E-state index in [2.05, 4.69) is 20.8 Å². The Bertz CT molecular complexity index is 68.7. The molecular weight excluding hydrogens is 298 g/mol. The second-order valence-corrected chi connectivity index (χ2v) is 8.16. The summed E-state index contributed by atoms with van der Waals surface area (Å²) < 4.78 is 3.25. The van der Waals surface area contributed by atoms with Crippen molar-refractivity contribution in [1.82, 2.24) is 0 Å². The van der Waals surface area contributed by atoms with Gasteiger partial charge in [0.25, 0.3) is 0 Å². The molecule has 0 fully saturated rings. The Balaban J connectivity index is 0. The Hall–Kier alpha value is 1.09. The van der Waals surface area contributed by atoms with Crippen molar-refractivity contribution >= 4 is 32.7 Å². The molecule has 2 heteroatoms. The van der Waals surface area contributed by atoms with Gasteiger partial charge in [-0.1, -0.05) is 13.3 Å². The summed E-state index contributed by atoms with van der Waals surface area (Å²) in [5, 5.41) is 0. The predicted octanol–water partition coefficient (Wildman–Crippen LogP) is 5.15. The minimum atomic E-state index is 0.149. The zero-order chi connectivity index (χ0) is 11.1. The molecular formula is C12H27ClSn. The minimum absolute atomic E-state index is 0.149. The third-order valence-corrected chi connectivity index (χ3v) is 6.20. The van der Waals surface area contributed by atoms with Crippen LogP contribution in [0, 0.1) is 0 Å². The van der Waals surface area contributed by atoms with E-state index >= 15 is 0 Å². The van der Waals surface area contributed by atoms with Gasteiger partial charge in [-0.15, -0.1) is 11.6 Å². The summed E-state index contributed by atoms with van der Waals surface area (Å²) in [5.41, 5.74) is 0. The van der Waals surface area contributed by atoms with E-state index in [1.165, 1.54) is 32.1 Å². The van der Waals surface area contributed by atoms with Gasteiger partial charge in [-0.2, -0.15) is 0 Å². The van der Waals surface area contributed by atoms with Crippen LogP contribution in [0.15, 0.2) is 0 Å². The molecule has 0 N–H and O–H groups in total. The van der Waals surface area contributed by atoms with Gasteiger partial charge in [-0.05, 0) is 6.42 Å². The van der Waals surface area contributed by atoms with Gasteiger partial charge in [0.1, 0.15) is 0 Å². The van der Waals surface area contributed by atoms with Gasteiger partial charge in [0, 0.05) is 5.88 Å². The van der Waals surface area contributed by atoms with E-state index in [0.29, 0.717) is 0 Å². The third kappa shape index (κ3) is 23.2. The Morgan fingerprint density at radius 1 is 0.786 bits per heavy atom. The van der Waals surface area contributed by atoms with E-state index in [1.807, 2.05) is 0 Å². The topological polar surface area (TPSA) is 0 Å². The summed E-state index contributed by atoms with van der Waals surface area (Å²) in [5.74, 6) is 0.816. The van der Waals surface area contributed by atoms with Crippen LogP contribution in [0.1, 0.15) is 59.3 Å². The van der Waals surface area contributed by atoms with Crippen molar-refractivity contribution in [1.29, 1.82) is 0 Å². The first kappa shape index (κ1) is 17.5. The SMILES string of the molecule is CCCCCl.CCC[CH2][Sn][CH2]CCC. The second kappa shape index (κ2) is 19.6. The van der Waals surface area contributed by atoms with Crippen LogP contribution in [0.3, 0.4) is 0 Å². The third-order valence-electron chi connectivity index (χ3n) is 1.90. The van der Waals surface area contributed by atoms with E-state index in [1.54, 1.807) is 8.87 Å². The molecule has 0 aromatic rings. The molecule has 0 aliphatic heterocycles. The van der Waals surface area contributed by atoms with Crippen LogP contribution in [0.5, 0.6) is 0 Å². The van der Waals surface area contributed by atoms with Gasteiger partial charge in [0.2, 0.25) is 0 Å². The van der Waals surface area contributed by atoms with E-state index in [9.17, 15) is 0 Å². The first-order valence-corrected chi connectivity index (χ1v) is 10.7. The van der Waals surface area contributed by atoms with Crippen molar-refractivity contribution in [3.63, 3.8) is 0 Å². The standard InChI is InChI=1S/C4H9Cl.2C4H9.Sn/c1-2-3-4-5;2*1-3-4-2;/h2-4H2,1H3;2*1,3-4H2,2H3;. The van der Waals surface area contributed by atoms with Crippen molar-refractivity contribution in [2.75, 3.05) is 5.88 Å². The van der Waals surface area contributed by atoms with E-state index < -0.39 is 0 Å². The van der Waals surface area contributed by atoms with E-state index in [4.69, 9.17) is 11.6 Å². The van der Waals surface area contributed by atoms with Gasteiger partial charge in [0.15, 0.2) is 0 Å². The van der Waals surface area contributed by atoms with Crippen molar-refractivity contribution in [2.45, 2.75) is 68.2 Å². The van der Waals surface area contributed by atoms with Gasteiger partial charge >= 0.3 is 69.5 Å². The Morgan fingerprint density at radius 2 is 1.21 bits per heavy atom.